The number of benzene rings is 1. The molecule has 7 nitrogen and oxygen atoms in total. The molecule has 0 amide bonds. The van der Waals surface area contributed by atoms with Gasteiger partial charge < -0.3 is 14.6 Å². The zero-order valence-electron chi connectivity index (χ0n) is 14.4. The number of carboxylic acid groups (broad SMARTS) is 1. The summed E-state index contributed by atoms with van der Waals surface area (Å²) in [5, 5.41) is 8.55. The van der Waals surface area contributed by atoms with Crippen LogP contribution < -0.4 is 0 Å². The van der Waals surface area contributed by atoms with Crippen LogP contribution in [0.4, 0.5) is 0 Å². The zero-order valence-corrected chi connectivity index (χ0v) is 15.2. The van der Waals surface area contributed by atoms with Crippen LogP contribution in [-0.4, -0.2) is 51.2 Å². The van der Waals surface area contributed by atoms with Crippen molar-refractivity contribution in [1.82, 2.24) is 0 Å². The number of sulfone groups is 1. The van der Waals surface area contributed by atoms with E-state index in [1.807, 2.05) is 0 Å². The second-order valence-electron chi connectivity index (χ2n) is 5.67. The van der Waals surface area contributed by atoms with Gasteiger partial charge in [-0.2, -0.15) is 0 Å². The number of hydrogen-bond donors (Lipinski definition) is 1. The third-order valence-electron chi connectivity index (χ3n) is 3.49. The SMILES string of the molecule is CS(=O)(=O)c1ccc(COCCN=C2C=CC(OCC(=O)O)=CC2)cc1. The van der Waals surface area contributed by atoms with Gasteiger partial charge in [-0.05, 0) is 35.9 Å². The molecule has 0 saturated carbocycles. The Labute approximate surface area is 152 Å². The summed E-state index contributed by atoms with van der Waals surface area (Å²) in [6, 6.07) is 6.60. The van der Waals surface area contributed by atoms with Crippen molar-refractivity contribution >= 4 is 21.5 Å². The van der Waals surface area contributed by atoms with Crippen molar-refractivity contribution in [2.24, 2.45) is 4.99 Å². The summed E-state index contributed by atoms with van der Waals surface area (Å²) in [6.07, 6.45) is 7.02. The average Bonchev–Trinajstić information content (AvgIpc) is 2.60. The van der Waals surface area contributed by atoms with Crippen LogP contribution in [0.15, 0.2) is 58.1 Å². The molecule has 1 N–H and O–H groups in total. The van der Waals surface area contributed by atoms with Gasteiger partial charge in [0.05, 0.1) is 24.7 Å². The Morgan fingerprint density at radius 1 is 1.23 bits per heavy atom. The summed E-state index contributed by atoms with van der Waals surface area (Å²) in [6.45, 7) is 0.969. The lowest BCUT2D eigenvalue weighted by Gasteiger charge is -2.09. The Balaban J connectivity index is 1.69. The maximum absolute atomic E-state index is 11.4. The summed E-state index contributed by atoms with van der Waals surface area (Å²) in [5.41, 5.74) is 1.76. The highest BCUT2D eigenvalue weighted by molar-refractivity contribution is 7.90. The molecule has 0 radical (unpaired) electrons. The fourth-order valence-electron chi connectivity index (χ4n) is 2.17. The average molecular weight is 379 g/mol. The Kier molecular flexibility index (Phi) is 7.11. The van der Waals surface area contributed by atoms with Crippen molar-refractivity contribution in [2.75, 3.05) is 26.0 Å². The van der Waals surface area contributed by atoms with Gasteiger partial charge in [-0.1, -0.05) is 12.1 Å². The molecule has 0 spiro atoms. The van der Waals surface area contributed by atoms with Crippen LogP contribution in [0.5, 0.6) is 0 Å². The van der Waals surface area contributed by atoms with Crippen molar-refractivity contribution in [3.63, 3.8) is 0 Å². The highest BCUT2D eigenvalue weighted by Gasteiger charge is 2.07. The topological polar surface area (TPSA) is 102 Å². The third-order valence-corrected chi connectivity index (χ3v) is 4.61. The van der Waals surface area contributed by atoms with Crippen molar-refractivity contribution in [3.05, 3.63) is 53.8 Å². The molecule has 0 heterocycles. The number of nitrogens with zero attached hydrogens (tertiary/aromatic N) is 1. The molecule has 1 aromatic rings. The van der Waals surface area contributed by atoms with Gasteiger partial charge in [-0.15, -0.1) is 0 Å². The lowest BCUT2D eigenvalue weighted by atomic mass is 10.1. The first-order valence-electron chi connectivity index (χ1n) is 7.97. The molecule has 0 unspecified atom stereocenters. The van der Waals surface area contributed by atoms with Crippen LogP contribution >= 0.6 is 0 Å². The molecule has 0 fully saturated rings. The number of aliphatic imine (C=N–C) groups is 1. The number of aliphatic carboxylic acids is 1. The van der Waals surface area contributed by atoms with Crippen LogP contribution in [-0.2, 0) is 30.7 Å². The van der Waals surface area contributed by atoms with Gasteiger partial charge in [0, 0.05) is 18.4 Å². The number of allylic oxidation sites excluding steroid dienone is 3. The van der Waals surface area contributed by atoms with Crippen LogP contribution in [0.2, 0.25) is 0 Å². The fraction of sp³-hybridized carbons (Fsp3) is 0.333. The second kappa shape index (κ2) is 9.30. The molecule has 8 heteroatoms. The maximum Gasteiger partial charge on any atom is 0.341 e. The zero-order chi connectivity index (χ0) is 19.0. The summed E-state index contributed by atoms with van der Waals surface area (Å²) in [5.74, 6) is -0.484. The first-order valence-corrected chi connectivity index (χ1v) is 9.86. The highest BCUT2D eigenvalue weighted by Crippen LogP contribution is 2.11. The largest absolute Gasteiger partial charge is 0.482 e. The Hall–Kier alpha value is -2.45. The van der Waals surface area contributed by atoms with E-state index in [4.69, 9.17) is 14.6 Å². The molecule has 0 bridgehead atoms. The first-order chi connectivity index (χ1) is 12.3. The highest BCUT2D eigenvalue weighted by atomic mass is 32.2. The second-order valence-corrected chi connectivity index (χ2v) is 7.68. The van der Waals surface area contributed by atoms with Crippen LogP contribution in [0.3, 0.4) is 0 Å². The van der Waals surface area contributed by atoms with E-state index in [0.717, 1.165) is 11.3 Å². The molecule has 26 heavy (non-hydrogen) atoms. The van der Waals surface area contributed by atoms with Crippen molar-refractivity contribution in [3.8, 4) is 0 Å². The van der Waals surface area contributed by atoms with E-state index in [2.05, 4.69) is 4.99 Å². The summed E-state index contributed by atoms with van der Waals surface area (Å²) < 4.78 is 33.4. The van der Waals surface area contributed by atoms with Gasteiger partial charge in [-0.3, -0.25) is 4.99 Å². The summed E-state index contributed by atoms with van der Waals surface area (Å²) in [7, 11) is -3.18. The lowest BCUT2D eigenvalue weighted by molar-refractivity contribution is -0.140. The van der Waals surface area contributed by atoms with E-state index in [-0.39, 0.29) is 11.5 Å². The molecular weight excluding hydrogens is 358 g/mol. The molecule has 2 rings (SSSR count). The number of carboxylic acids is 1. The fourth-order valence-corrected chi connectivity index (χ4v) is 2.80. The van der Waals surface area contributed by atoms with E-state index in [1.165, 1.54) is 6.26 Å². The van der Waals surface area contributed by atoms with Crippen molar-refractivity contribution in [1.29, 1.82) is 0 Å². The predicted octanol–water partition coefficient (Wildman–Crippen LogP) is 1.99. The van der Waals surface area contributed by atoms with Crippen LogP contribution in [0.25, 0.3) is 0 Å². The molecule has 0 aromatic heterocycles. The molecule has 1 aliphatic carbocycles. The predicted molar refractivity (Wildman–Crippen MR) is 96.9 cm³/mol. The molecule has 1 aromatic carbocycles. The Morgan fingerprint density at radius 2 is 1.96 bits per heavy atom. The van der Waals surface area contributed by atoms with E-state index in [0.29, 0.717) is 31.9 Å². The Morgan fingerprint density at radius 3 is 2.54 bits per heavy atom. The van der Waals surface area contributed by atoms with Gasteiger partial charge in [-0.25, -0.2) is 13.2 Å². The molecular formula is C18H21NO6S. The summed E-state index contributed by atoms with van der Waals surface area (Å²) >= 11 is 0. The standard InChI is InChI=1S/C18H21NO6S/c1-26(22,23)17-8-2-14(3-9-17)12-24-11-10-19-15-4-6-16(7-5-15)25-13-18(20)21/h2-4,6-9H,5,10-13H2,1H3,(H,20,21). The van der Waals surface area contributed by atoms with Gasteiger partial charge in [0.25, 0.3) is 0 Å². The van der Waals surface area contributed by atoms with Crippen molar-refractivity contribution in [2.45, 2.75) is 17.9 Å². The molecule has 1 aliphatic rings. The number of rotatable bonds is 9. The minimum atomic E-state index is -3.18. The Bertz CT molecular complexity index is 822. The monoisotopic (exact) mass is 379 g/mol. The quantitative estimate of drug-likeness (QED) is 0.658. The number of hydrogen-bond acceptors (Lipinski definition) is 6. The first kappa shape index (κ1) is 19.9. The smallest absolute Gasteiger partial charge is 0.341 e. The van der Waals surface area contributed by atoms with Gasteiger partial charge in [0.2, 0.25) is 0 Å². The normalized spacial score (nSPS) is 15.7. The van der Waals surface area contributed by atoms with E-state index in [9.17, 15) is 13.2 Å². The van der Waals surface area contributed by atoms with Crippen LogP contribution in [0.1, 0.15) is 12.0 Å². The lowest BCUT2D eigenvalue weighted by Crippen LogP contribution is -2.08. The van der Waals surface area contributed by atoms with Crippen LogP contribution in [0, 0.1) is 0 Å². The minimum Gasteiger partial charge on any atom is -0.482 e. The van der Waals surface area contributed by atoms with E-state index >= 15 is 0 Å². The molecule has 0 saturated heterocycles. The van der Waals surface area contributed by atoms with E-state index in [1.54, 1.807) is 42.5 Å². The third kappa shape index (κ3) is 6.81. The number of ether oxygens (including phenoxy) is 2. The summed E-state index contributed by atoms with van der Waals surface area (Å²) in [4.78, 5) is 15.1. The minimum absolute atomic E-state index is 0.288. The van der Waals surface area contributed by atoms with Gasteiger partial charge in [0.15, 0.2) is 16.4 Å². The van der Waals surface area contributed by atoms with Crippen molar-refractivity contribution < 1.29 is 27.8 Å². The number of carbonyl (C=O) groups is 1. The maximum atomic E-state index is 11.4. The van der Waals surface area contributed by atoms with Gasteiger partial charge in [0.1, 0.15) is 5.76 Å². The molecule has 140 valence electrons. The van der Waals surface area contributed by atoms with Gasteiger partial charge >= 0.3 is 5.97 Å². The molecule has 0 atom stereocenters. The molecule has 0 aliphatic heterocycles. The van der Waals surface area contributed by atoms with E-state index < -0.39 is 15.8 Å².